The van der Waals surface area contributed by atoms with Gasteiger partial charge in [0.15, 0.2) is 12.6 Å². The van der Waals surface area contributed by atoms with E-state index >= 15 is 0 Å². The average Bonchev–Trinajstić information content (AvgIpc) is 3.29. The maximum Gasteiger partial charge on any atom is 0.331 e. The molecule has 0 bridgehead atoms. The molecule has 0 saturated carbocycles. The maximum atomic E-state index is 12.6. The third-order valence-corrected chi connectivity index (χ3v) is 4.65. The zero-order chi connectivity index (χ0) is 19.4. The van der Waals surface area contributed by atoms with Crippen molar-refractivity contribution < 1.29 is 14.3 Å². The number of aromatic nitrogens is 5. The zero-order valence-corrected chi connectivity index (χ0v) is 15.5. The van der Waals surface area contributed by atoms with Crippen molar-refractivity contribution in [2.24, 2.45) is 7.05 Å². The number of Topliss-reactive ketones (excluding diaryl/α,β-unsaturated/α-hetero) is 1. The molecule has 2 heterocycles. The molecule has 3 rings (SSSR count). The molecule has 0 spiro atoms. The average molecular weight is 367 g/mol. The van der Waals surface area contributed by atoms with Gasteiger partial charge in [-0.25, -0.2) is 9.48 Å². The summed E-state index contributed by atoms with van der Waals surface area (Å²) < 4.78 is 8.58. The number of benzene rings is 1. The molecule has 1 atom stereocenters. The van der Waals surface area contributed by atoms with E-state index in [1.165, 1.54) is 11.0 Å². The lowest BCUT2D eigenvalue weighted by molar-refractivity contribution is -0.146. The molecule has 0 radical (unpaired) electrons. The maximum absolute atomic E-state index is 12.6. The van der Waals surface area contributed by atoms with Gasteiger partial charge in [-0.05, 0) is 35.9 Å². The van der Waals surface area contributed by atoms with Crippen LogP contribution < -0.4 is 0 Å². The summed E-state index contributed by atoms with van der Waals surface area (Å²) in [5, 5.41) is 11.0. The Kier molecular flexibility index (Phi) is 5.44. The van der Waals surface area contributed by atoms with Crippen LogP contribution in [0.15, 0.2) is 42.7 Å². The first kappa shape index (κ1) is 18.5. The van der Waals surface area contributed by atoms with Gasteiger partial charge in [0.05, 0.1) is 0 Å². The smallest absolute Gasteiger partial charge is 0.331 e. The Balaban J connectivity index is 1.71. The van der Waals surface area contributed by atoms with Gasteiger partial charge in [-0.2, -0.15) is 0 Å². The van der Waals surface area contributed by atoms with Gasteiger partial charge in [-0.15, -0.1) is 5.10 Å². The Bertz CT molecular complexity index is 932. The van der Waals surface area contributed by atoms with E-state index in [2.05, 4.69) is 15.5 Å². The highest BCUT2D eigenvalue weighted by atomic mass is 16.5. The number of carbonyl (C=O) groups excluding carboxylic acids is 2. The molecular formula is C19H21N5O3. The molecule has 2 aromatic heterocycles. The van der Waals surface area contributed by atoms with Crippen molar-refractivity contribution in [2.75, 3.05) is 6.61 Å². The van der Waals surface area contributed by atoms with Gasteiger partial charge in [0, 0.05) is 30.4 Å². The van der Waals surface area contributed by atoms with E-state index in [0.717, 1.165) is 17.0 Å². The summed E-state index contributed by atoms with van der Waals surface area (Å²) in [6, 6.07) is 10.6. The largest absolute Gasteiger partial charge is 0.456 e. The van der Waals surface area contributed by atoms with Crippen LogP contribution in [0.4, 0.5) is 0 Å². The number of hydrogen-bond donors (Lipinski definition) is 0. The van der Waals surface area contributed by atoms with E-state index in [1.807, 2.05) is 55.8 Å². The first-order valence-corrected chi connectivity index (χ1v) is 8.56. The second-order valence-corrected chi connectivity index (χ2v) is 6.37. The molecule has 0 unspecified atom stereocenters. The molecule has 0 amide bonds. The van der Waals surface area contributed by atoms with Crippen LogP contribution >= 0.6 is 0 Å². The Morgan fingerprint density at radius 2 is 1.93 bits per heavy atom. The number of ether oxygens (including phenoxy) is 1. The van der Waals surface area contributed by atoms with Crippen molar-refractivity contribution in [2.45, 2.75) is 26.3 Å². The van der Waals surface area contributed by atoms with Gasteiger partial charge in [0.2, 0.25) is 5.78 Å². The molecule has 3 aromatic rings. The number of ketones is 1. The van der Waals surface area contributed by atoms with Gasteiger partial charge in [-0.1, -0.05) is 30.3 Å². The summed E-state index contributed by atoms with van der Waals surface area (Å²) >= 11 is 0. The Morgan fingerprint density at radius 1 is 1.19 bits per heavy atom. The van der Waals surface area contributed by atoms with Crippen molar-refractivity contribution in [3.8, 4) is 0 Å². The molecule has 0 saturated heterocycles. The fraction of sp³-hybridized carbons (Fsp3) is 0.316. The van der Waals surface area contributed by atoms with Gasteiger partial charge in [0.1, 0.15) is 6.33 Å². The number of nitrogens with zero attached hydrogens (tertiary/aromatic N) is 5. The van der Waals surface area contributed by atoms with Crippen LogP contribution in [0.2, 0.25) is 0 Å². The molecule has 0 fully saturated rings. The van der Waals surface area contributed by atoms with Crippen LogP contribution in [0.3, 0.4) is 0 Å². The fourth-order valence-electron chi connectivity index (χ4n) is 2.88. The summed E-state index contributed by atoms with van der Waals surface area (Å²) in [6.07, 6.45) is 1.73. The van der Waals surface area contributed by atoms with E-state index in [9.17, 15) is 9.59 Å². The highest BCUT2D eigenvalue weighted by Crippen LogP contribution is 2.17. The second kappa shape index (κ2) is 7.94. The molecule has 1 aromatic carbocycles. The minimum absolute atomic E-state index is 0.236. The van der Waals surface area contributed by atoms with Crippen LogP contribution in [-0.2, 0) is 23.0 Å². The van der Waals surface area contributed by atoms with E-state index < -0.39 is 12.0 Å². The quantitative estimate of drug-likeness (QED) is 0.467. The SMILES string of the molecule is Cc1cc(C(=O)COC(=O)[C@@H](Cc2ccccc2)n2cnnn2)c(C)n1C. The molecule has 8 nitrogen and oxygen atoms in total. The third kappa shape index (κ3) is 4.11. The van der Waals surface area contributed by atoms with Gasteiger partial charge in [0.25, 0.3) is 0 Å². The van der Waals surface area contributed by atoms with Gasteiger partial charge < -0.3 is 9.30 Å². The van der Waals surface area contributed by atoms with Crippen LogP contribution in [0.25, 0.3) is 0 Å². The fourth-order valence-corrected chi connectivity index (χ4v) is 2.88. The van der Waals surface area contributed by atoms with Crippen LogP contribution in [0.5, 0.6) is 0 Å². The summed E-state index contributed by atoms with van der Waals surface area (Å²) in [4.78, 5) is 25.1. The van der Waals surface area contributed by atoms with Crippen molar-refractivity contribution in [3.05, 3.63) is 65.2 Å². The predicted molar refractivity (Wildman–Crippen MR) is 97.2 cm³/mol. The number of hydrogen-bond acceptors (Lipinski definition) is 6. The van der Waals surface area contributed by atoms with Crippen molar-refractivity contribution in [1.29, 1.82) is 0 Å². The Labute approximate surface area is 156 Å². The third-order valence-electron chi connectivity index (χ3n) is 4.65. The van der Waals surface area contributed by atoms with Crippen LogP contribution in [0, 0.1) is 13.8 Å². The van der Waals surface area contributed by atoms with Gasteiger partial charge in [-0.3, -0.25) is 4.79 Å². The molecule has 140 valence electrons. The lowest BCUT2D eigenvalue weighted by Gasteiger charge is -2.15. The second-order valence-electron chi connectivity index (χ2n) is 6.37. The number of rotatable bonds is 7. The van der Waals surface area contributed by atoms with Crippen LogP contribution in [0.1, 0.15) is 33.4 Å². The number of carbonyl (C=O) groups is 2. The number of aryl methyl sites for hydroxylation is 1. The monoisotopic (exact) mass is 367 g/mol. The predicted octanol–water partition coefficient (Wildman–Crippen LogP) is 1.84. The van der Waals surface area contributed by atoms with E-state index in [1.54, 1.807) is 6.07 Å². The lowest BCUT2D eigenvalue weighted by Crippen LogP contribution is -2.27. The summed E-state index contributed by atoms with van der Waals surface area (Å²) in [6.45, 7) is 3.46. The van der Waals surface area contributed by atoms with Crippen LogP contribution in [-0.4, -0.2) is 43.1 Å². The molecule has 27 heavy (non-hydrogen) atoms. The Hall–Kier alpha value is -3.29. The van der Waals surface area contributed by atoms with Gasteiger partial charge >= 0.3 is 5.97 Å². The van der Waals surface area contributed by atoms with Crippen molar-refractivity contribution in [3.63, 3.8) is 0 Å². The highest BCUT2D eigenvalue weighted by Gasteiger charge is 2.25. The number of tetrazole rings is 1. The topological polar surface area (TPSA) is 91.9 Å². The van der Waals surface area contributed by atoms with E-state index in [4.69, 9.17) is 4.74 Å². The first-order valence-electron chi connectivity index (χ1n) is 8.56. The molecule has 0 N–H and O–H groups in total. The summed E-state index contributed by atoms with van der Waals surface area (Å²) in [5.74, 6) is -0.787. The first-order chi connectivity index (χ1) is 13.0. The molecule has 0 aliphatic rings. The van der Waals surface area contributed by atoms with Crippen molar-refractivity contribution >= 4 is 11.8 Å². The standard InChI is InChI=1S/C19H21N5O3/c1-13-9-16(14(2)23(13)3)18(25)11-27-19(26)17(24-12-20-21-22-24)10-15-7-5-4-6-8-15/h4-9,12,17H,10-11H2,1-3H3/t17-/m1/s1. The molecule has 8 heteroatoms. The minimum Gasteiger partial charge on any atom is -0.456 e. The molecular weight excluding hydrogens is 346 g/mol. The lowest BCUT2D eigenvalue weighted by atomic mass is 10.1. The summed E-state index contributed by atoms with van der Waals surface area (Å²) in [7, 11) is 1.89. The number of esters is 1. The molecule has 0 aliphatic carbocycles. The molecule has 0 aliphatic heterocycles. The van der Waals surface area contributed by atoms with E-state index in [-0.39, 0.29) is 12.4 Å². The normalized spacial score (nSPS) is 12.0. The van der Waals surface area contributed by atoms with Crippen molar-refractivity contribution in [1.82, 2.24) is 24.8 Å². The zero-order valence-electron chi connectivity index (χ0n) is 15.5. The minimum atomic E-state index is -0.742. The van der Waals surface area contributed by atoms with E-state index in [0.29, 0.717) is 12.0 Å². The highest BCUT2D eigenvalue weighted by molar-refractivity contribution is 5.99. The summed E-state index contributed by atoms with van der Waals surface area (Å²) in [5.41, 5.74) is 3.31. The Morgan fingerprint density at radius 3 is 2.52 bits per heavy atom.